The van der Waals surface area contributed by atoms with Gasteiger partial charge in [0.05, 0.1) is 12.0 Å². The molecular formula is C21H37BN4O5. The van der Waals surface area contributed by atoms with E-state index in [9.17, 15) is 24.4 Å². The lowest BCUT2D eigenvalue weighted by molar-refractivity contribution is -0.143. The van der Waals surface area contributed by atoms with Crippen molar-refractivity contribution in [2.45, 2.75) is 101 Å². The van der Waals surface area contributed by atoms with Crippen LogP contribution in [-0.2, 0) is 14.4 Å². The number of likely N-dealkylation sites (tertiary alicyclic amines) is 1. The molecule has 2 saturated carbocycles. The van der Waals surface area contributed by atoms with E-state index < -0.39 is 30.7 Å². The highest BCUT2D eigenvalue weighted by molar-refractivity contribution is 6.44. The molecule has 9 nitrogen and oxygen atoms in total. The molecule has 0 aromatic heterocycles. The Bertz CT molecular complexity index is 664. The van der Waals surface area contributed by atoms with E-state index in [0.29, 0.717) is 32.2 Å². The van der Waals surface area contributed by atoms with Gasteiger partial charge < -0.3 is 31.3 Å². The Morgan fingerprint density at radius 3 is 2.26 bits per heavy atom. The summed E-state index contributed by atoms with van der Waals surface area (Å²) in [6.45, 7) is 2.23. The smallest absolute Gasteiger partial charge is 0.426 e. The summed E-state index contributed by atoms with van der Waals surface area (Å²) in [6.07, 6.45) is 8.80. The van der Waals surface area contributed by atoms with Crippen molar-refractivity contribution < 1.29 is 24.4 Å². The molecule has 3 aliphatic rings. The van der Waals surface area contributed by atoms with Gasteiger partial charge in [-0.3, -0.25) is 14.4 Å². The zero-order valence-corrected chi connectivity index (χ0v) is 18.5. The van der Waals surface area contributed by atoms with Crippen LogP contribution in [0.2, 0.25) is 0 Å². The summed E-state index contributed by atoms with van der Waals surface area (Å²) < 4.78 is 0. The van der Waals surface area contributed by atoms with Crippen molar-refractivity contribution in [1.29, 1.82) is 0 Å². The van der Waals surface area contributed by atoms with Gasteiger partial charge in [-0.1, -0.05) is 39.0 Å². The van der Waals surface area contributed by atoms with Crippen LogP contribution in [0.4, 0.5) is 0 Å². The number of nitrogens with two attached hydrogens (primary N) is 1. The first-order chi connectivity index (χ1) is 14.8. The molecule has 2 unspecified atom stereocenters. The van der Waals surface area contributed by atoms with Gasteiger partial charge in [0.1, 0.15) is 11.6 Å². The Morgan fingerprint density at radius 1 is 1.10 bits per heavy atom. The maximum Gasteiger partial charge on any atom is 0.475 e. The summed E-state index contributed by atoms with van der Waals surface area (Å²) in [5.74, 6) is -1.44. The minimum Gasteiger partial charge on any atom is -0.426 e. The first-order valence-corrected chi connectivity index (χ1v) is 11.8. The number of nitrogens with one attached hydrogen (secondary N) is 2. The number of nitrogens with zero attached hydrogens (tertiary/aromatic N) is 1. The Balaban J connectivity index is 1.64. The fourth-order valence-corrected chi connectivity index (χ4v) is 5.24. The number of carbonyl (C=O) groups excluding carboxylic acids is 3. The topological polar surface area (TPSA) is 145 Å². The van der Waals surface area contributed by atoms with Crippen molar-refractivity contribution in [2.75, 3.05) is 6.54 Å². The van der Waals surface area contributed by atoms with Gasteiger partial charge in [-0.2, -0.15) is 0 Å². The molecule has 1 saturated heterocycles. The molecule has 0 spiro atoms. The van der Waals surface area contributed by atoms with Gasteiger partial charge in [0.15, 0.2) is 0 Å². The first-order valence-electron chi connectivity index (χ1n) is 11.8. The van der Waals surface area contributed by atoms with Gasteiger partial charge in [-0.25, -0.2) is 0 Å². The van der Waals surface area contributed by atoms with Gasteiger partial charge in [0.25, 0.3) is 0 Å². The highest BCUT2D eigenvalue weighted by Crippen LogP contribution is 2.32. The highest BCUT2D eigenvalue weighted by Gasteiger charge is 2.47. The average Bonchev–Trinajstić information content (AvgIpc) is 3.20. The molecule has 0 aromatic rings. The minimum absolute atomic E-state index is 0.147. The zero-order chi connectivity index (χ0) is 22.6. The summed E-state index contributed by atoms with van der Waals surface area (Å²) in [7, 11) is -1.59. The van der Waals surface area contributed by atoms with E-state index in [1.165, 1.54) is 11.3 Å². The number of rotatable bonds is 8. The molecule has 3 fully saturated rings. The van der Waals surface area contributed by atoms with E-state index >= 15 is 0 Å². The third-order valence-corrected chi connectivity index (χ3v) is 7.42. The molecule has 0 aromatic carbocycles. The molecule has 1 heterocycles. The summed E-state index contributed by atoms with van der Waals surface area (Å²) in [4.78, 5) is 40.5. The van der Waals surface area contributed by atoms with Crippen molar-refractivity contribution in [3.8, 4) is 0 Å². The predicted octanol–water partition coefficient (Wildman–Crippen LogP) is -0.169. The molecule has 3 atom stereocenters. The van der Waals surface area contributed by atoms with E-state index in [-0.39, 0.29) is 23.6 Å². The second-order valence-corrected chi connectivity index (χ2v) is 9.44. The van der Waals surface area contributed by atoms with Gasteiger partial charge in [-0.15, -0.1) is 0 Å². The number of carbonyl (C=O) groups is 3. The van der Waals surface area contributed by atoms with Crippen molar-refractivity contribution in [2.24, 2.45) is 11.7 Å². The number of hydrogen-bond donors (Lipinski definition) is 5. The van der Waals surface area contributed by atoms with Crippen molar-refractivity contribution in [3.63, 3.8) is 0 Å². The third-order valence-electron chi connectivity index (χ3n) is 7.42. The van der Waals surface area contributed by atoms with Crippen molar-refractivity contribution in [3.05, 3.63) is 0 Å². The average molecular weight is 436 g/mol. The Morgan fingerprint density at radius 2 is 1.74 bits per heavy atom. The van der Waals surface area contributed by atoms with E-state index in [1.807, 2.05) is 0 Å². The fourth-order valence-electron chi connectivity index (χ4n) is 5.24. The standard InChI is InChI=1S/C21H37BN4O5/c1-2-15(19(28)26-13-10-16(26)22(30)31)24-20(29)21(11-6-7-12-21)25-18(27)17(23)14-8-4-3-5-9-14/h14-17,30-31H,2-13,23H2,1H3,(H,24,29)(H,25,27)/t15?,16-,17?/m0/s1. The summed E-state index contributed by atoms with van der Waals surface area (Å²) in [6, 6.07) is -1.39. The van der Waals surface area contributed by atoms with Crippen LogP contribution in [-0.4, -0.2) is 69.9 Å². The Labute approximate surface area is 184 Å². The van der Waals surface area contributed by atoms with E-state index in [4.69, 9.17) is 5.73 Å². The van der Waals surface area contributed by atoms with Gasteiger partial charge >= 0.3 is 7.12 Å². The lowest BCUT2D eigenvalue weighted by Crippen LogP contribution is -2.66. The SMILES string of the molecule is CCC(NC(=O)C1(NC(=O)C(N)C2CCCCC2)CCCC1)C(=O)N1CC[C@H]1B(O)O. The maximum absolute atomic E-state index is 13.3. The van der Waals surface area contributed by atoms with Crippen LogP contribution in [0.5, 0.6) is 0 Å². The molecule has 1 aliphatic heterocycles. The molecule has 31 heavy (non-hydrogen) atoms. The summed E-state index contributed by atoms with van der Waals surface area (Å²) >= 11 is 0. The monoisotopic (exact) mass is 436 g/mol. The van der Waals surface area contributed by atoms with Crippen molar-refractivity contribution in [1.82, 2.24) is 15.5 Å². The second-order valence-electron chi connectivity index (χ2n) is 9.44. The molecule has 10 heteroatoms. The fraction of sp³-hybridized carbons (Fsp3) is 0.857. The van der Waals surface area contributed by atoms with Crippen LogP contribution in [0, 0.1) is 5.92 Å². The van der Waals surface area contributed by atoms with E-state index in [2.05, 4.69) is 10.6 Å². The summed E-state index contributed by atoms with van der Waals surface area (Å²) in [5, 5.41) is 24.6. The number of amides is 3. The van der Waals surface area contributed by atoms with Gasteiger partial charge in [0.2, 0.25) is 17.7 Å². The van der Waals surface area contributed by atoms with Gasteiger partial charge in [0, 0.05) is 6.54 Å². The van der Waals surface area contributed by atoms with Crippen LogP contribution in [0.1, 0.15) is 77.6 Å². The molecular weight excluding hydrogens is 399 g/mol. The molecule has 0 bridgehead atoms. The predicted molar refractivity (Wildman–Crippen MR) is 116 cm³/mol. The third kappa shape index (κ3) is 5.23. The molecule has 2 aliphatic carbocycles. The zero-order valence-electron chi connectivity index (χ0n) is 18.5. The molecule has 3 amide bonds. The lowest BCUT2D eigenvalue weighted by atomic mass is 9.71. The van der Waals surface area contributed by atoms with E-state index in [0.717, 1.165) is 38.5 Å². The molecule has 6 N–H and O–H groups in total. The maximum atomic E-state index is 13.3. The Hall–Kier alpha value is -1.65. The molecule has 0 radical (unpaired) electrons. The number of hydrogen-bond acceptors (Lipinski definition) is 6. The van der Waals surface area contributed by atoms with Crippen LogP contribution >= 0.6 is 0 Å². The van der Waals surface area contributed by atoms with Crippen LogP contribution in [0.25, 0.3) is 0 Å². The second kappa shape index (κ2) is 10.3. The van der Waals surface area contributed by atoms with Crippen LogP contribution < -0.4 is 16.4 Å². The molecule has 3 rings (SSSR count). The van der Waals surface area contributed by atoms with Crippen LogP contribution in [0.15, 0.2) is 0 Å². The normalized spacial score (nSPS) is 25.3. The highest BCUT2D eigenvalue weighted by atomic mass is 16.4. The Kier molecular flexibility index (Phi) is 7.99. The van der Waals surface area contributed by atoms with Crippen LogP contribution in [0.3, 0.4) is 0 Å². The van der Waals surface area contributed by atoms with E-state index in [1.54, 1.807) is 6.92 Å². The summed E-state index contributed by atoms with van der Waals surface area (Å²) in [5.41, 5.74) is 5.22. The lowest BCUT2D eigenvalue weighted by Gasteiger charge is -2.42. The molecule has 174 valence electrons. The van der Waals surface area contributed by atoms with Gasteiger partial charge in [-0.05, 0) is 44.4 Å². The quantitative estimate of drug-likeness (QED) is 0.334. The van der Waals surface area contributed by atoms with Crippen molar-refractivity contribution >= 4 is 24.8 Å². The first kappa shape index (κ1) is 24.0. The largest absolute Gasteiger partial charge is 0.475 e. The minimum atomic E-state index is -1.59.